The van der Waals surface area contributed by atoms with Crippen molar-refractivity contribution in [1.82, 2.24) is 4.98 Å². The maximum Gasteiger partial charge on any atom is 0.0955 e. The van der Waals surface area contributed by atoms with Gasteiger partial charge in [-0.1, -0.05) is 20.8 Å². The zero-order valence-corrected chi connectivity index (χ0v) is 18.2. The van der Waals surface area contributed by atoms with E-state index >= 15 is 0 Å². The van der Waals surface area contributed by atoms with Crippen molar-refractivity contribution in [3.05, 3.63) is 16.6 Å². The lowest BCUT2D eigenvalue weighted by molar-refractivity contribution is -0.127. The second kappa shape index (κ2) is 6.55. The van der Waals surface area contributed by atoms with Crippen LogP contribution in [0.1, 0.15) is 89.5 Å². The van der Waals surface area contributed by atoms with Gasteiger partial charge in [0, 0.05) is 17.5 Å². The minimum absolute atomic E-state index is 0.0245. The molecule has 0 aliphatic heterocycles. The number of hydrogen-bond donors (Lipinski definition) is 1. The first-order valence-electron chi connectivity index (χ1n) is 11.5. The molecule has 2 nitrogen and oxygen atoms in total. The maximum atomic E-state index is 10.2. The van der Waals surface area contributed by atoms with Gasteiger partial charge in [0.2, 0.25) is 0 Å². The van der Waals surface area contributed by atoms with Crippen molar-refractivity contribution in [2.75, 3.05) is 0 Å². The molecule has 27 heavy (non-hydrogen) atoms. The highest BCUT2D eigenvalue weighted by molar-refractivity contribution is 7.09. The summed E-state index contributed by atoms with van der Waals surface area (Å²) in [5.41, 5.74) is 1.02. The van der Waals surface area contributed by atoms with Crippen LogP contribution in [-0.2, 0) is 0 Å². The highest BCUT2D eigenvalue weighted by Gasteiger charge is 2.60. The van der Waals surface area contributed by atoms with Gasteiger partial charge < -0.3 is 5.11 Å². The summed E-state index contributed by atoms with van der Waals surface area (Å²) >= 11 is 1.86. The third-order valence-electron chi connectivity index (χ3n) is 10.2. The minimum atomic E-state index is -0.0245. The molecule has 0 aromatic carbocycles. The van der Waals surface area contributed by atoms with Crippen molar-refractivity contribution >= 4 is 11.3 Å². The molecule has 0 amide bonds. The van der Waals surface area contributed by atoms with Gasteiger partial charge >= 0.3 is 0 Å². The van der Waals surface area contributed by atoms with E-state index < -0.39 is 0 Å². The molecule has 0 spiro atoms. The lowest BCUT2D eigenvalue weighted by atomic mass is 9.44. The van der Waals surface area contributed by atoms with Crippen LogP contribution in [0, 0.1) is 40.4 Å². The predicted molar refractivity (Wildman–Crippen MR) is 112 cm³/mol. The number of aliphatic hydroxyl groups excluding tert-OH is 1. The lowest BCUT2D eigenvalue weighted by Crippen LogP contribution is -2.54. The number of rotatable bonds is 2. The Kier molecular flexibility index (Phi) is 4.52. The fourth-order valence-electron chi connectivity index (χ4n) is 8.73. The lowest BCUT2D eigenvalue weighted by Gasteiger charge is -2.61. The molecule has 150 valence electrons. The summed E-state index contributed by atoms with van der Waals surface area (Å²) in [5.74, 6) is 4.98. The topological polar surface area (TPSA) is 33.1 Å². The second-order valence-electron chi connectivity index (χ2n) is 11.0. The molecule has 0 bridgehead atoms. The van der Waals surface area contributed by atoms with E-state index in [0.29, 0.717) is 16.7 Å². The van der Waals surface area contributed by atoms with E-state index in [1.807, 2.05) is 17.5 Å². The summed E-state index contributed by atoms with van der Waals surface area (Å²) in [4.78, 5) is 4.68. The van der Waals surface area contributed by atoms with E-state index in [2.05, 4.69) is 31.1 Å². The fourth-order valence-corrected chi connectivity index (χ4v) is 9.49. The van der Waals surface area contributed by atoms with Crippen LogP contribution in [0.3, 0.4) is 0 Å². The van der Waals surface area contributed by atoms with Crippen molar-refractivity contribution in [3.63, 3.8) is 0 Å². The number of hydrogen-bond acceptors (Lipinski definition) is 3. The SMILES string of the molecule is CC(c1nccs1)[C@H]1CC[C@H]2[C@@H]3CC[C@H]4C[C@@H](O)CC[C@]4(C)[C@H]3CC[C@]12C. The normalized spacial score (nSPS) is 50.5. The molecule has 9 atom stereocenters. The quantitative estimate of drug-likeness (QED) is 0.649. The molecule has 1 unspecified atom stereocenters. The van der Waals surface area contributed by atoms with E-state index in [0.717, 1.165) is 42.4 Å². The molecule has 4 aliphatic carbocycles. The Labute approximate surface area is 169 Å². The molecule has 4 saturated carbocycles. The molecule has 1 heterocycles. The van der Waals surface area contributed by atoms with Crippen LogP contribution in [0.5, 0.6) is 0 Å². The Morgan fingerprint density at radius 2 is 1.81 bits per heavy atom. The van der Waals surface area contributed by atoms with Crippen LogP contribution in [0.15, 0.2) is 11.6 Å². The molecule has 5 rings (SSSR count). The Hall–Kier alpha value is -0.410. The second-order valence-corrected chi connectivity index (χ2v) is 11.9. The zero-order chi connectivity index (χ0) is 18.8. The standard InChI is InChI=1S/C24H37NOS/c1-15(22-25-12-13-27-22)19-6-7-20-18-5-4-16-14-17(26)8-10-23(16,2)21(18)9-11-24(19,20)3/h12-13,15-21,26H,4-11,14H2,1-3H3/t15?,16-,17-,18-,19+,20-,21-,23-,24+/m0/s1. The van der Waals surface area contributed by atoms with Crippen molar-refractivity contribution in [2.24, 2.45) is 40.4 Å². The highest BCUT2D eigenvalue weighted by Crippen LogP contribution is 2.68. The smallest absolute Gasteiger partial charge is 0.0955 e. The van der Waals surface area contributed by atoms with Crippen molar-refractivity contribution in [2.45, 2.75) is 90.6 Å². The van der Waals surface area contributed by atoms with Gasteiger partial charge in [-0.2, -0.15) is 0 Å². The van der Waals surface area contributed by atoms with Crippen LogP contribution in [0.2, 0.25) is 0 Å². The van der Waals surface area contributed by atoms with Gasteiger partial charge in [0.05, 0.1) is 11.1 Å². The van der Waals surface area contributed by atoms with E-state index in [4.69, 9.17) is 0 Å². The molecule has 1 aromatic rings. The van der Waals surface area contributed by atoms with Gasteiger partial charge in [0.1, 0.15) is 0 Å². The van der Waals surface area contributed by atoms with Crippen LogP contribution in [-0.4, -0.2) is 16.2 Å². The number of aromatic nitrogens is 1. The molecule has 3 heteroatoms. The van der Waals surface area contributed by atoms with Crippen molar-refractivity contribution in [1.29, 1.82) is 0 Å². The van der Waals surface area contributed by atoms with Gasteiger partial charge in [-0.25, -0.2) is 4.98 Å². The first-order valence-corrected chi connectivity index (χ1v) is 12.4. The van der Waals surface area contributed by atoms with Crippen LogP contribution in [0.4, 0.5) is 0 Å². The maximum absolute atomic E-state index is 10.2. The van der Waals surface area contributed by atoms with Crippen LogP contribution >= 0.6 is 11.3 Å². The Morgan fingerprint density at radius 1 is 1.04 bits per heavy atom. The van der Waals surface area contributed by atoms with Gasteiger partial charge in [-0.3, -0.25) is 0 Å². The molecular weight excluding hydrogens is 350 g/mol. The van der Waals surface area contributed by atoms with Crippen molar-refractivity contribution < 1.29 is 5.11 Å². The predicted octanol–water partition coefficient (Wildman–Crippen LogP) is 6.27. The highest BCUT2D eigenvalue weighted by atomic mass is 32.1. The first-order chi connectivity index (χ1) is 12.9. The summed E-state index contributed by atoms with van der Waals surface area (Å²) in [6.07, 6.45) is 13.8. The summed E-state index contributed by atoms with van der Waals surface area (Å²) in [7, 11) is 0. The summed E-state index contributed by atoms with van der Waals surface area (Å²) < 4.78 is 0. The van der Waals surface area contributed by atoms with Crippen molar-refractivity contribution in [3.8, 4) is 0 Å². The van der Waals surface area contributed by atoms with E-state index in [1.54, 1.807) is 0 Å². The van der Waals surface area contributed by atoms with E-state index in [9.17, 15) is 5.11 Å². The first kappa shape index (κ1) is 18.6. The third kappa shape index (κ3) is 2.70. The Morgan fingerprint density at radius 3 is 2.59 bits per heavy atom. The molecule has 1 N–H and O–H groups in total. The Bertz CT molecular complexity index is 674. The van der Waals surface area contributed by atoms with Gasteiger partial charge in [0.15, 0.2) is 0 Å². The van der Waals surface area contributed by atoms with E-state index in [-0.39, 0.29) is 6.10 Å². The average molecular weight is 388 g/mol. The van der Waals surface area contributed by atoms with Crippen LogP contribution < -0.4 is 0 Å². The number of thiazole rings is 1. The molecule has 1 aromatic heterocycles. The monoisotopic (exact) mass is 387 g/mol. The number of aliphatic hydroxyl groups is 1. The fraction of sp³-hybridized carbons (Fsp3) is 0.875. The van der Waals surface area contributed by atoms with Gasteiger partial charge in [0.25, 0.3) is 0 Å². The van der Waals surface area contributed by atoms with Gasteiger partial charge in [-0.05, 0) is 98.2 Å². The largest absolute Gasteiger partial charge is 0.393 e. The zero-order valence-electron chi connectivity index (χ0n) is 17.4. The molecule has 4 aliphatic rings. The number of fused-ring (bicyclic) bond motifs is 5. The average Bonchev–Trinajstić information content (AvgIpc) is 3.29. The third-order valence-corrected chi connectivity index (χ3v) is 11.1. The van der Waals surface area contributed by atoms with Gasteiger partial charge in [-0.15, -0.1) is 11.3 Å². The molecular formula is C24H37NOS. The summed E-state index contributed by atoms with van der Waals surface area (Å²) in [5, 5.41) is 13.7. The molecule has 4 fully saturated rings. The summed E-state index contributed by atoms with van der Waals surface area (Å²) in [6, 6.07) is 0. The Balaban J connectivity index is 1.40. The number of nitrogens with zero attached hydrogens (tertiary/aromatic N) is 1. The van der Waals surface area contributed by atoms with E-state index in [1.165, 1.54) is 50.0 Å². The molecule has 0 radical (unpaired) electrons. The molecule has 0 saturated heterocycles. The minimum Gasteiger partial charge on any atom is -0.393 e. The van der Waals surface area contributed by atoms with Crippen LogP contribution in [0.25, 0.3) is 0 Å². The summed E-state index contributed by atoms with van der Waals surface area (Å²) in [6.45, 7) is 7.70.